The van der Waals surface area contributed by atoms with Gasteiger partial charge in [-0.25, -0.2) is 4.98 Å². The summed E-state index contributed by atoms with van der Waals surface area (Å²) in [4.78, 5) is 7.17. The van der Waals surface area contributed by atoms with Gasteiger partial charge in [0.15, 0.2) is 5.82 Å². The molecule has 0 fully saturated rings. The maximum Gasteiger partial charge on any atom is 0.150 e. The fourth-order valence-corrected chi connectivity index (χ4v) is 3.22. The van der Waals surface area contributed by atoms with Crippen molar-refractivity contribution in [3.05, 3.63) is 40.3 Å². The molecule has 0 saturated heterocycles. The fourth-order valence-electron chi connectivity index (χ4n) is 2.16. The average molecular weight is 267 g/mol. The van der Waals surface area contributed by atoms with Gasteiger partial charge in [-0.15, -0.1) is 11.3 Å². The fraction of sp³-hybridized carbons (Fsp3) is 0.200. The number of imidazole rings is 1. The molecule has 0 saturated carbocycles. The summed E-state index contributed by atoms with van der Waals surface area (Å²) in [5, 5.41) is 8.97. The lowest BCUT2D eigenvalue weighted by atomic mass is 10.2. The largest absolute Gasteiger partial charge is 0.326 e. The van der Waals surface area contributed by atoms with Gasteiger partial charge >= 0.3 is 0 Å². The molecule has 3 nitrogen and oxygen atoms in total. The van der Waals surface area contributed by atoms with E-state index >= 15 is 0 Å². The van der Waals surface area contributed by atoms with Crippen molar-refractivity contribution in [3.8, 4) is 16.8 Å². The number of nitriles is 1. The normalized spacial score (nSPS) is 10.8. The summed E-state index contributed by atoms with van der Waals surface area (Å²) in [6.07, 6.45) is 0. The van der Waals surface area contributed by atoms with Crippen LogP contribution >= 0.6 is 11.3 Å². The third kappa shape index (κ3) is 1.83. The van der Waals surface area contributed by atoms with Crippen LogP contribution in [0.1, 0.15) is 16.0 Å². The summed E-state index contributed by atoms with van der Waals surface area (Å²) in [7, 11) is 2.00. The zero-order valence-corrected chi connectivity index (χ0v) is 11.9. The second-order valence-corrected chi connectivity index (χ2v) is 5.92. The number of aryl methyl sites for hydroxylation is 3. The lowest BCUT2D eigenvalue weighted by Crippen LogP contribution is -1.90. The van der Waals surface area contributed by atoms with Crippen molar-refractivity contribution in [1.82, 2.24) is 9.55 Å². The second kappa shape index (κ2) is 4.22. The minimum absolute atomic E-state index is 0.667. The predicted molar refractivity (Wildman–Crippen MR) is 78.2 cm³/mol. The number of hydrogen-bond acceptors (Lipinski definition) is 3. The Morgan fingerprint density at radius 3 is 2.68 bits per heavy atom. The van der Waals surface area contributed by atoms with E-state index in [1.807, 2.05) is 25.2 Å². The van der Waals surface area contributed by atoms with Crippen molar-refractivity contribution in [2.24, 2.45) is 7.05 Å². The molecule has 0 bridgehead atoms. The molecule has 3 aromatic rings. The Bertz CT molecular complexity index is 798. The van der Waals surface area contributed by atoms with Gasteiger partial charge in [-0.05, 0) is 43.7 Å². The molecule has 4 heteroatoms. The zero-order valence-electron chi connectivity index (χ0n) is 11.1. The molecule has 0 aliphatic heterocycles. The summed E-state index contributed by atoms with van der Waals surface area (Å²) >= 11 is 1.76. The van der Waals surface area contributed by atoms with Crippen molar-refractivity contribution in [3.63, 3.8) is 0 Å². The Hall–Kier alpha value is -2.12. The first-order valence-corrected chi connectivity index (χ1v) is 6.86. The van der Waals surface area contributed by atoms with Gasteiger partial charge in [0.1, 0.15) is 0 Å². The van der Waals surface area contributed by atoms with E-state index < -0.39 is 0 Å². The number of fused-ring (bicyclic) bond motifs is 1. The zero-order chi connectivity index (χ0) is 13.6. The predicted octanol–water partition coefficient (Wildman–Crippen LogP) is 3.79. The van der Waals surface area contributed by atoms with Crippen molar-refractivity contribution >= 4 is 22.4 Å². The molecule has 0 N–H and O–H groups in total. The van der Waals surface area contributed by atoms with E-state index in [9.17, 15) is 0 Å². The van der Waals surface area contributed by atoms with Gasteiger partial charge in [0.05, 0.1) is 27.5 Å². The van der Waals surface area contributed by atoms with E-state index in [1.54, 1.807) is 11.3 Å². The van der Waals surface area contributed by atoms with Crippen LogP contribution in [0, 0.1) is 25.2 Å². The maximum absolute atomic E-state index is 8.97. The highest BCUT2D eigenvalue weighted by molar-refractivity contribution is 7.15. The molecule has 19 heavy (non-hydrogen) atoms. The molecule has 2 aromatic heterocycles. The van der Waals surface area contributed by atoms with E-state index in [4.69, 9.17) is 5.26 Å². The van der Waals surface area contributed by atoms with Crippen LogP contribution < -0.4 is 0 Å². The molecule has 0 spiro atoms. The van der Waals surface area contributed by atoms with Gasteiger partial charge in [-0.1, -0.05) is 0 Å². The minimum atomic E-state index is 0.667. The van der Waals surface area contributed by atoms with Gasteiger partial charge < -0.3 is 4.57 Å². The van der Waals surface area contributed by atoms with Gasteiger partial charge in [0, 0.05) is 11.9 Å². The summed E-state index contributed by atoms with van der Waals surface area (Å²) in [6.45, 7) is 4.24. The number of rotatable bonds is 1. The first-order chi connectivity index (χ1) is 9.10. The van der Waals surface area contributed by atoms with Crippen LogP contribution in [0.15, 0.2) is 24.3 Å². The molecule has 0 unspecified atom stereocenters. The molecule has 0 aliphatic rings. The number of thiophene rings is 1. The molecule has 0 aliphatic carbocycles. The Labute approximate surface area is 115 Å². The van der Waals surface area contributed by atoms with Gasteiger partial charge in [0.2, 0.25) is 0 Å². The van der Waals surface area contributed by atoms with Crippen molar-refractivity contribution < 1.29 is 0 Å². The number of aromatic nitrogens is 2. The Morgan fingerprint density at radius 1 is 1.26 bits per heavy atom. The molecular formula is C15H13N3S. The van der Waals surface area contributed by atoms with Crippen LogP contribution in [0.4, 0.5) is 0 Å². The molecular weight excluding hydrogens is 254 g/mol. The summed E-state index contributed by atoms with van der Waals surface area (Å²) in [5.74, 6) is 0.964. The number of hydrogen-bond donors (Lipinski definition) is 0. The SMILES string of the molecule is Cc1cc(-c2nc3ccc(C#N)cc3n2C)sc1C. The Balaban J connectivity index is 2.25. The van der Waals surface area contributed by atoms with Gasteiger partial charge in [-0.2, -0.15) is 5.26 Å². The van der Waals surface area contributed by atoms with Gasteiger partial charge in [-0.3, -0.25) is 0 Å². The number of nitrogens with zero attached hydrogens (tertiary/aromatic N) is 3. The average Bonchev–Trinajstić information content (AvgIpc) is 2.91. The van der Waals surface area contributed by atoms with Crippen molar-refractivity contribution in [2.45, 2.75) is 13.8 Å². The van der Waals surface area contributed by atoms with Crippen LogP contribution in [0.2, 0.25) is 0 Å². The van der Waals surface area contributed by atoms with E-state index in [2.05, 4.69) is 35.5 Å². The highest BCUT2D eigenvalue weighted by atomic mass is 32.1. The van der Waals surface area contributed by atoms with Crippen LogP contribution in [0.3, 0.4) is 0 Å². The lowest BCUT2D eigenvalue weighted by Gasteiger charge is -1.99. The van der Waals surface area contributed by atoms with E-state index in [0.717, 1.165) is 16.9 Å². The quantitative estimate of drug-likeness (QED) is 0.673. The Kier molecular flexibility index (Phi) is 2.65. The van der Waals surface area contributed by atoms with E-state index in [-0.39, 0.29) is 0 Å². The second-order valence-electron chi connectivity index (χ2n) is 4.66. The summed E-state index contributed by atoms with van der Waals surface area (Å²) in [6, 6.07) is 9.95. The van der Waals surface area contributed by atoms with E-state index in [0.29, 0.717) is 5.56 Å². The topological polar surface area (TPSA) is 41.6 Å². The highest BCUT2D eigenvalue weighted by Gasteiger charge is 2.13. The van der Waals surface area contributed by atoms with Gasteiger partial charge in [0.25, 0.3) is 0 Å². The first kappa shape index (κ1) is 11.9. The van der Waals surface area contributed by atoms with E-state index in [1.165, 1.54) is 15.3 Å². The van der Waals surface area contributed by atoms with Crippen LogP contribution in [-0.4, -0.2) is 9.55 Å². The summed E-state index contributed by atoms with van der Waals surface area (Å²) in [5.41, 5.74) is 3.89. The molecule has 0 atom stereocenters. The lowest BCUT2D eigenvalue weighted by molar-refractivity contribution is 0.962. The Morgan fingerprint density at radius 2 is 2.05 bits per heavy atom. The third-order valence-corrected chi connectivity index (χ3v) is 4.54. The molecule has 1 aromatic carbocycles. The maximum atomic E-state index is 8.97. The molecule has 3 rings (SSSR count). The number of benzene rings is 1. The highest BCUT2D eigenvalue weighted by Crippen LogP contribution is 2.31. The molecule has 0 amide bonds. The van der Waals surface area contributed by atoms with Crippen LogP contribution in [0.5, 0.6) is 0 Å². The molecule has 0 radical (unpaired) electrons. The first-order valence-electron chi connectivity index (χ1n) is 6.04. The minimum Gasteiger partial charge on any atom is -0.326 e. The molecule has 94 valence electrons. The van der Waals surface area contributed by atoms with Crippen LogP contribution in [-0.2, 0) is 7.05 Å². The summed E-state index contributed by atoms with van der Waals surface area (Å²) < 4.78 is 2.06. The van der Waals surface area contributed by atoms with Crippen LogP contribution in [0.25, 0.3) is 21.7 Å². The third-order valence-electron chi connectivity index (χ3n) is 3.40. The van der Waals surface area contributed by atoms with Crippen molar-refractivity contribution in [1.29, 1.82) is 5.26 Å². The standard InChI is InChI=1S/C15H13N3S/c1-9-6-14(19-10(9)2)15-17-12-5-4-11(8-16)7-13(12)18(15)3/h4-7H,1-3H3. The molecule has 2 heterocycles. The monoisotopic (exact) mass is 267 g/mol. The van der Waals surface area contributed by atoms with Crippen molar-refractivity contribution in [2.75, 3.05) is 0 Å². The smallest absolute Gasteiger partial charge is 0.150 e.